The summed E-state index contributed by atoms with van der Waals surface area (Å²) >= 11 is 7.34. The summed E-state index contributed by atoms with van der Waals surface area (Å²) in [6.45, 7) is 2.68. The van der Waals surface area contributed by atoms with E-state index in [1.165, 1.54) is 17.7 Å². The minimum absolute atomic E-state index is 0.272. The first kappa shape index (κ1) is 26.1. The maximum Gasteiger partial charge on any atom is 0.341 e. The molecule has 196 valence electrons. The Morgan fingerprint density at radius 2 is 1.74 bits per heavy atom. The Hall–Kier alpha value is -3.49. The third-order valence-corrected chi connectivity index (χ3v) is 8.13. The molecule has 2 aromatic heterocycles. The molecule has 5 rings (SSSR count). The second kappa shape index (κ2) is 12.4. The summed E-state index contributed by atoms with van der Waals surface area (Å²) in [5.41, 5.74) is 5.74. The van der Waals surface area contributed by atoms with E-state index in [2.05, 4.69) is 22.8 Å². The largest absolute Gasteiger partial charge is 0.462 e. The van der Waals surface area contributed by atoms with Gasteiger partial charge in [0, 0.05) is 28.7 Å². The Morgan fingerprint density at radius 3 is 2.47 bits per heavy atom. The van der Waals surface area contributed by atoms with Crippen LogP contribution >= 0.6 is 23.6 Å². The monoisotopic (exact) mass is 544 g/mol. The number of para-hydroxylation sites is 1. The Morgan fingerprint density at radius 1 is 1.03 bits per heavy atom. The average molecular weight is 545 g/mol. The number of hydrogen-bond donors (Lipinski definition) is 2. The van der Waals surface area contributed by atoms with Crippen LogP contribution in [-0.4, -0.2) is 27.5 Å². The van der Waals surface area contributed by atoms with Crippen molar-refractivity contribution in [2.45, 2.75) is 52.0 Å². The number of esters is 1. The maximum atomic E-state index is 13.0. The number of thiophene rings is 1. The second-order valence-corrected chi connectivity index (χ2v) is 10.8. The SMILES string of the molecule is CCOC(=O)c1c(NC(=S)NCc2cn(-c3ccccc3)nc2-c2ccccc2)sc2c1CCCCCC2. The minimum atomic E-state index is -0.272. The van der Waals surface area contributed by atoms with E-state index in [9.17, 15) is 4.79 Å². The quantitative estimate of drug-likeness (QED) is 0.194. The van der Waals surface area contributed by atoms with Crippen LogP contribution in [0.25, 0.3) is 16.9 Å². The number of aryl methyl sites for hydroxylation is 1. The van der Waals surface area contributed by atoms with Gasteiger partial charge in [0.1, 0.15) is 5.00 Å². The molecule has 0 aliphatic heterocycles. The van der Waals surface area contributed by atoms with Gasteiger partial charge < -0.3 is 15.4 Å². The lowest BCUT2D eigenvalue weighted by Crippen LogP contribution is -2.28. The summed E-state index contributed by atoms with van der Waals surface area (Å²) < 4.78 is 7.34. The summed E-state index contributed by atoms with van der Waals surface area (Å²) in [4.78, 5) is 14.2. The molecule has 2 aromatic carbocycles. The fourth-order valence-electron chi connectivity index (χ4n) is 4.84. The molecule has 0 radical (unpaired) electrons. The summed E-state index contributed by atoms with van der Waals surface area (Å²) in [5.74, 6) is -0.272. The van der Waals surface area contributed by atoms with Crippen molar-refractivity contribution in [1.82, 2.24) is 15.1 Å². The molecule has 2 N–H and O–H groups in total. The van der Waals surface area contributed by atoms with Gasteiger partial charge in [-0.3, -0.25) is 0 Å². The summed E-state index contributed by atoms with van der Waals surface area (Å²) in [5, 5.41) is 12.8. The standard InChI is InChI=1S/C30H32N4O2S2/c1-2-36-29(35)26-24-17-11-3-4-12-18-25(24)38-28(26)32-30(37)31-19-22-20-34(23-15-9-6-10-16-23)33-27(22)21-13-7-5-8-14-21/h5-10,13-16,20H,2-4,11-12,17-19H2,1H3,(H2,31,32,37). The van der Waals surface area contributed by atoms with Gasteiger partial charge in [-0.1, -0.05) is 61.4 Å². The van der Waals surface area contributed by atoms with Crippen LogP contribution < -0.4 is 10.6 Å². The van der Waals surface area contributed by atoms with E-state index in [1.807, 2.05) is 66.3 Å². The number of nitrogens with one attached hydrogen (secondary N) is 2. The Balaban J connectivity index is 1.37. The number of carbonyl (C=O) groups is 1. The van der Waals surface area contributed by atoms with E-state index in [1.54, 1.807) is 11.3 Å². The molecule has 1 aliphatic rings. The summed E-state index contributed by atoms with van der Waals surface area (Å²) in [7, 11) is 0. The molecule has 6 nitrogen and oxygen atoms in total. The van der Waals surface area contributed by atoms with E-state index in [0.29, 0.717) is 23.8 Å². The summed E-state index contributed by atoms with van der Waals surface area (Å²) in [6, 6.07) is 20.2. The molecule has 0 amide bonds. The number of thiocarbonyl (C=S) groups is 1. The Kier molecular flexibility index (Phi) is 8.51. The number of benzene rings is 2. The van der Waals surface area contributed by atoms with Gasteiger partial charge in [-0.15, -0.1) is 11.3 Å². The number of carbonyl (C=O) groups excluding carboxylic acids is 1. The van der Waals surface area contributed by atoms with E-state index in [4.69, 9.17) is 22.1 Å². The fourth-order valence-corrected chi connectivity index (χ4v) is 6.36. The maximum absolute atomic E-state index is 13.0. The molecule has 0 saturated carbocycles. The molecule has 0 spiro atoms. The van der Waals surface area contributed by atoms with E-state index >= 15 is 0 Å². The van der Waals surface area contributed by atoms with Gasteiger partial charge in [0.25, 0.3) is 0 Å². The van der Waals surface area contributed by atoms with E-state index in [-0.39, 0.29) is 5.97 Å². The molecule has 2 heterocycles. The number of aromatic nitrogens is 2. The van der Waals surface area contributed by atoms with Crippen molar-refractivity contribution in [3.63, 3.8) is 0 Å². The van der Waals surface area contributed by atoms with Gasteiger partial charge in [-0.25, -0.2) is 9.48 Å². The van der Waals surface area contributed by atoms with Crippen molar-refractivity contribution in [3.8, 4) is 16.9 Å². The zero-order chi connectivity index (χ0) is 26.3. The highest BCUT2D eigenvalue weighted by atomic mass is 32.1. The number of anilines is 1. The predicted octanol–water partition coefficient (Wildman–Crippen LogP) is 6.92. The molecule has 38 heavy (non-hydrogen) atoms. The van der Waals surface area contributed by atoms with Crippen LogP contribution in [0.2, 0.25) is 0 Å². The predicted molar refractivity (Wildman–Crippen MR) is 158 cm³/mol. The van der Waals surface area contributed by atoms with Gasteiger partial charge in [0.05, 0.1) is 23.6 Å². The van der Waals surface area contributed by atoms with Crippen molar-refractivity contribution in [1.29, 1.82) is 0 Å². The molecule has 0 fully saturated rings. The first-order chi connectivity index (χ1) is 18.6. The van der Waals surface area contributed by atoms with E-state index < -0.39 is 0 Å². The van der Waals surface area contributed by atoms with Crippen molar-refractivity contribution in [2.24, 2.45) is 0 Å². The zero-order valence-electron chi connectivity index (χ0n) is 21.5. The number of rotatable bonds is 7. The van der Waals surface area contributed by atoms with Crippen LogP contribution in [0.3, 0.4) is 0 Å². The van der Waals surface area contributed by atoms with Gasteiger partial charge in [-0.05, 0) is 62.5 Å². The fraction of sp³-hybridized carbons (Fsp3) is 0.300. The molecular weight excluding hydrogens is 512 g/mol. The number of ether oxygens (including phenoxy) is 1. The van der Waals surface area contributed by atoms with Crippen molar-refractivity contribution < 1.29 is 9.53 Å². The Bertz CT molecular complexity index is 1400. The van der Waals surface area contributed by atoms with Crippen LogP contribution in [0.4, 0.5) is 5.00 Å². The molecule has 4 aromatic rings. The van der Waals surface area contributed by atoms with Crippen LogP contribution in [0.1, 0.15) is 59.0 Å². The molecule has 0 saturated heterocycles. The normalized spacial score (nSPS) is 13.2. The number of hydrogen-bond acceptors (Lipinski definition) is 5. The highest BCUT2D eigenvalue weighted by Gasteiger charge is 2.26. The van der Waals surface area contributed by atoms with Crippen LogP contribution in [0.15, 0.2) is 66.9 Å². The first-order valence-electron chi connectivity index (χ1n) is 13.2. The first-order valence-corrected chi connectivity index (χ1v) is 14.4. The molecule has 0 unspecified atom stereocenters. The van der Waals surface area contributed by atoms with Crippen molar-refractivity contribution in [2.75, 3.05) is 11.9 Å². The molecule has 0 atom stereocenters. The van der Waals surface area contributed by atoms with Gasteiger partial charge in [0.2, 0.25) is 0 Å². The Labute approximate surface area is 233 Å². The van der Waals surface area contributed by atoms with Crippen LogP contribution in [0.5, 0.6) is 0 Å². The topological polar surface area (TPSA) is 68.2 Å². The molecule has 0 bridgehead atoms. The molecule has 1 aliphatic carbocycles. The molecular formula is C30H32N4O2S2. The highest BCUT2D eigenvalue weighted by molar-refractivity contribution is 7.80. The smallest absolute Gasteiger partial charge is 0.341 e. The minimum Gasteiger partial charge on any atom is -0.462 e. The lowest BCUT2D eigenvalue weighted by Gasteiger charge is -2.12. The van der Waals surface area contributed by atoms with Crippen LogP contribution in [-0.2, 0) is 24.1 Å². The van der Waals surface area contributed by atoms with Gasteiger partial charge in [0.15, 0.2) is 5.11 Å². The second-order valence-electron chi connectivity index (χ2n) is 9.30. The number of fused-ring (bicyclic) bond motifs is 1. The highest BCUT2D eigenvalue weighted by Crippen LogP contribution is 2.37. The van der Waals surface area contributed by atoms with Crippen molar-refractivity contribution >= 4 is 39.6 Å². The van der Waals surface area contributed by atoms with Gasteiger partial charge >= 0.3 is 5.97 Å². The summed E-state index contributed by atoms with van der Waals surface area (Å²) in [6.07, 6.45) is 8.59. The third-order valence-electron chi connectivity index (χ3n) is 6.68. The van der Waals surface area contributed by atoms with E-state index in [0.717, 1.165) is 58.8 Å². The van der Waals surface area contributed by atoms with Crippen LogP contribution in [0, 0.1) is 0 Å². The zero-order valence-corrected chi connectivity index (χ0v) is 23.2. The van der Waals surface area contributed by atoms with Gasteiger partial charge in [-0.2, -0.15) is 5.10 Å². The number of nitrogens with zero attached hydrogens (tertiary/aromatic N) is 2. The lowest BCUT2D eigenvalue weighted by molar-refractivity contribution is 0.0526. The lowest BCUT2D eigenvalue weighted by atomic mass is 9.96. The third kappa shape index (κ3) is 5.97. The van der Waals surface area contributed by atoms with Crippen molar-refractivity contribution in [3.05, 3.63) is 88.4 Å². The average Bonchev–Trinajstić information content (AvgIpc) is 3.50. The molecule has 8 heteroatoms.